The van der Waals surface area contributed by atoms with Crippen LogP contribution in [0.1, 0.15) is 28.4 Å². The van der Waals surface area contributed by atoms with Gasteiger partial charge in [-0.15, -0.1) is 0 Å². The maximum Gasteiger partial charge on any atom is 0.416 e. The molecule has 1 aliphatic rings. The van der Waals surface area contributed by atoms with E-state index >= 15 is 0 Å². The summed E-state index contributed by atoms with van der Waals surface area (Å²) in [5.41, 5.74) is 7.64. The van der Waals surface area contributed by atoms with Gasteiger partial charge in [-0.25, -0.2) is 0 Å². The van der Waals surface area contributed by atoms with Crippen LogP contribution in [0.4, 0.5) is 13.2 Å². The fourth-order valence-corrected chi connectivity index (χ4v) is 2.89. The van der Waals surface area contributed by atoms with Crippen molar-refractivity contribution in [1.29, 1.82) is 0 Å². The van der Waals surface area contributed by atoms with E-state index < -0.39 is 11.7 Å². The first-order valence-corrected chi connectivity index (χ1v) is 7.03. The maximum atomic E-state index is 12.9. The molecule has 0 fully saturated rings. The zero-order chi connectivity index (χ0) is 15.7. The van der Waals surface area contributed by atoms with Crippen LogP contribution in [0.5, 0.6) is 0 Å². The highest BCUT2D eigenvalue weighted by Crippen LogP contribution is 2.38. The molecule has 2 aromatic rings. The summed E-state index contributed by atoms with van der Waals surface area (Å²) in [6.45, 7) is 1.44. The van der Waals surface area contributed by atoms with Crippen molar-refractivity contribution in [2.45, 2.75) is 25.3 Å². The Kier molecular flexibility index (Phi) is 3.88. The van der Waals surface area contributed by atoms with E-state index in [4.69, 9.17) is 5.73 Å². The number of halogens is 3. The molecule has 2 N–H and O–H groups in total. The normalized spacial score (nSPS) is 18.5. The van der Waals surface area contributed by atoms with Gasteiger partial charge in [0.25, 0.3) is 0 Å². The van der Waals surface area contributed by atoms with Crippen LogP contribution in [-0.2, 0) is 19.3 Å². The number of alkyl halides is 3. The van der Waals surface area contributed by atoms with E-state index in [9.17, 15) is 13.2 Å². The van der Waals surface area contributed by atoms with E-state index in [0.717, 1.165) is 17.3 Å². The minimum atomic E-state index is -4.33. The Morgan fingerprint density at radius 2 is 2.05 bits per heavy atom. The van der Waals surface area contributed by atoms with Crippen LogP contribution < -0.4 is 5.73 Å². The number of hydrogen-bond acceptors (Lipinski definition) is 3. The molecule has 2 heterocycles. The standard InChI is InChI=1S/C16H16F3N3/c17-16(18,19)12-5-4-11-9-22(15(8-20)14(11)7-12)10-13-3-1-2-6-21-13/h1-7,15H,8-10,20H2. The van der Waals surface area contributed by atoms with Gasteiger partial charge in [-0.1, -0.05) is 12.1 Å². The number of rotatable bonds is 3. The first kappa shape index (κ1) is 15.0. The molecule has 1 atom stereocenters. The molecular weight excluding hydrogens is 291 g/mol. The Labute approximate surface area is 126 Å². The molecule has 22 heavy (non-hydrogen) atoms. The summed E-state index contributed by atoms with van der Waals surface area (Å²) in [6, 6.07) is 9.33. The number of pyridine rings is 1. The number of fused-ring (bicyclic) bond motifs is 1. The minimum Gasteiger partial charge on any atom is -0.329 e. The summed E-state index contributed by atoms with van der Waals surface area (Å²) < 4.78 is 38.6. The lowest BCUT2D eigenvalue weighted by Crippen LogP contribution is -2.28. The monoisotopic (exact) mass is 307 g/mol. The topological polar surface area (TPSA) is 42.1 Å². The molecule has 0 amide bonds. The van der Waals surface area contributed by atoms with Gasteiger partial charge in [-0.05, 0) is 35.4 Å². The third-order valence-electron chi connectivity index (χ3n) is 3.96. The second-order valence-electron chi connectivity index (χ2n) is 5.39. The molecule has 0 radical (unpaired) electrons. The van der Waals surface area contributed by atoms with Crippen molar-refractivity contribution < 1.29 is 13.2 Å². The van der Waals surface area contributed by atoms with Crippen molar-refractivity contribution in [1.82, 2.24) is 9.88 Å². The fraction of sp³-hybridized carbons (Fsp3) is 0.312. The summed E-state index contributed by atoms with van der Waals surface area (Å²) in [4.78, 5) is 6.33. The van der Waals surface area contributed by atoms with Crippen LogP contribution in [0.3, 0.4) is 0 Å². The van der Waals surface area contributed by atoms with Crippen LogP contribution in [0.25, 0.3) is 0 Å². The number of hydrogen-bond donors (Lipinski definition) is 1. The van der Waals surface area contributed by atoms with Gasteiger partial charge in [0.05, 0.1) is 11.3 Å². The lowest BCUT2D eigenvalue weighted by atomic mass is 10.0. The lowest BCUT2D eigenvalue weighted by molar-refractivity contribution is -0.137. The van der Waals surface area contributed by atoms with E-state index in [2.05, 4.69) is 9.88 Å². The smallest absolute Gasteiger partial charge is 0.329 e. The van der Waals surface area contributed by atoms with Gasteiger partial charge in [0.1, 0.15) is 0 Å². The molecule has 0 spiro atoms. The van der Waals surface area contributed by atoms with Crippen LogP contribution in [0.15, 0.2) is 42.6 Å². The third kappa shape index (κ3) is 2.84. The molecule has 1 aromatic heterocycles. The molecular formula is C16H16F3N3. The second kappa shape index (κ2) is 5.70. The van der Waals surface area contributed by atoms with E-state index in [1.165, 1.54) is 6.07 Å². The molecule has 3 nitrogen and oxygen atoms in total. The van der Waals surface area contributed by atoms with Gasteiger partial charge < -0.3 is 5.73 Å². The Morgan fingerprint density at radius 1 is 1.23 bits per heavy atom. The highest BCUT2D eigenvalue weighted by Gasteiger charge is 2.35. The largest absolute Gasteiger partial charge is 0.416 e. The first-order chi connectivity index (χ1) is 10.5. The van der Waals surface area contributed by atoms with Gasteiger partial charge in [0.15, 0.2) is 0 Å². The second-order valence-corrected chi connectivity index (χ2v) is 5.39. The molecule has 0 saturated heterocycles. The van der Waals surface area contributed by atoms with E-state index in [-0.39, 0.29) is 12.6 Å². The SMILES string of the molecule is NCC1c2cc(C(F)(F)F)ccc2CN1Cc1ccccn1. The molecule has 0 saturated carbocycles. The van der Waals surface area contributed by atoms with Gasteiger partial charge in [-0.3, -0.25) is 9.88 Å². The Balaban J connectivity index is 1.88. The van der Waals surface area contributed by atoms with Crippen LogP contribution in [-0.4, -0.2) is 16.4 Å². The first-order valence-electron chi connectivity index (χ1n) is 7.03. The van der Waals surface area contributed by atoms with Crippen molar-refractivity contribution in [3.8, 4) is 0 Å². The van der Waals surface area contributed by atoms with Gasteiger partial charge >= 0.3 is 6.18 Å². The van der Waals surface area contributed by atoms with Gasteiger partial charge in [0.2, 0.25) is 0 Å². The lowest BCUT2D eigenvalue weighted by Gasteiger charge is -2.23. The van der Waals surface area contributed by atoms with Crippen molar-refractivity contribution >= 4 is 0 Å². The molecule has 3 rings (SSSR count). The highest BCUT2D eigenvalue weighted by atomic mass is 19.4. The number of benzene rings is 1. The van der Waals surface area contributed by atoms with Crippen molar-refractivity contribution in [2.24, 2.45) is 5.73 Å². The Bertz CT molecular complexity index is 655. The molecule has 1 aromatic carbocycles. The predicted octanol–water partition coefficient (Wildman–Crippen LogP) is 3.12. The zero-order valence-electron chi connectivity index (χ0n) is 11.8. The van der Waals surface area contributed by atoms with E-state index in [0.29, 0.717) is 18.7 Å². The van der Waals surface area contributed by atoms with Crippen molar-refractivity contribution in [2.75, 3.05) is 6.54 Å². The summed E-state index contributed by atoms with van der Waals surface area (Å²) in [5.74, 6) is 0. The summed E-state index contributed by atoms with van der Waals surface area (Å²) >= 11 is 0. The van der Waals surface area contributed by atoms with Crippen LogP contribution >= 0.6 is 0 Å². The zero-order valence-corrected chi connectivity index (χ0v) is 11.8. The quantitative estimate of drug-likeness (QED) is 0.947. The van der Waals surface area contributed by atoms with E-state index in [1.807, 2.05) is 18.2 Å². The fourth-order valence-electron chi connectivity index (χ4n) is 2.89. The average molecular weight is 307 g/mol. The minimum absolute atomic E-state index is 0.209. The molecule has 1 unspecified atom stereocenters. The molecule has 116 valence electrons. The Hall–Kier alpha value is -1.92. The predicted molar refractivity (Wildman–Crippen MR) is 76.7 cm³/mol. The number of nitrogens with two attached hydrogens (primary N) is 1. The molecule has 0 aliphatic carbocycles. The van der Waals surface area contributed by atoms with Crippen molar-refractivity contribution in [3.05, 3.63) is 65.0 Å². The summed E-state index contributed by atoms with van der Waals surface area (Å²) in [6.07, 6.45) is -2.62. The van der Waals surface area contributed by atoms with E-state index in [1.54, 1.807) is 12.3 Å². The van der Waals surface area contributed by atoms with Crippen LogP contribution in [0.2, 0.25) is 0 Å². The molecule has 0 bridgehead atoms. The molecule has 6 heteroatoms. The van der Waals surface area contributed by atoms with Crippen LogP contribution in [0, 0.1) is 0 Å². The maximum absolute atomic E-state index is 12.9. The number of nitrogens with zero attached hydrogens (tertiary/aromatic N) is 2. The summed E-state index contributed by atoms with van der Waals surface area (Å²) in [7, 11) is 0. The van der Waals surface area contributed by atoms with Gasteiger partial charge in [-0.2, -0.15) is 13.2 Å². The average Bonchev–Trinajstić information content (AvgIpc) is 2.83. The van der Waals surface area contributed by atoms with Gasteiger partial charge in [0, 0.05) is 31.9 Å². The highest BCUT2D eigenvalue weighted by molar-refractivity contribution is 5.39. The van der Waals surface area contributed by atoms with Crippen molar-refractivity contribution in [3.63, 3.8) is 0 Å². The summed E-state index contributed by atoms with van der Waals surface area (Å²) in [5, 5.41) is 0. The molecule has 1 aliphatic heterocycles. The third-order valence-corrected chi connectivity index (χ3v) is 3.96. The number of aromatic nitrogens is 1. The Morgan fingerprint density at radius 3 is 2.68 bits per heavy atom.